The lowest BCUT2D eigenvalue weighted by Gasteiger charge is -1.94. The Labute approximate surface area is 213 Å². The highest BCUT2D eigenvalue weighted by atomic mass is 36.0. The van der Waals surface area contributed by atoms with E-state index in [9.17, 15) is 25.3 Å². The lowest BCUT2D eigenvalue weighted by molar-refractivity contribution is 0.193. The van der Waals surface area contributed by atoms with E-state index in [-0.39, 0.29) is 28.2 Å². The number of hydrogen-bond donors (Lipinski definition) is 1. The molecule has 0 saturated carbocycles. The molecule has 0 fully saturated rings. The monoisotopic (exact) mass is 616 g/mol. The van der Waals surface area contributed by atoms with Crippen LogP contribution in [0.25, 0.3) is 0 Å². The van der Waals surface area contributed by atoms with E-state index < -0.39 is 49.8 Å². The van der Waals surface area contributed by atoms with Crippen LogP contribution in [0.3, 0.4) is 0 Å². The van der Waals surface area contributed by atoms with Gasteiger partial charge in [0.1, 0.15) is 11.9 Å². The van der Waals surface area contributed by atoms with Crippen molar-refractivity contribution in [1.29, 1.82) is 0 Å². The average molecular weight is 618 g/mol. The van der Waals surface area contributed by atoms with Gasteiger partial charge >= 0.3 is 0 Å². The van der Waals surface area contributed by atoms with E-state index >= 15 is 0 Å². The first-order chi connectivity index (χ1) is 12.8. The molecule has 0 amide bonds. The highest BCUT2D eigenvalue weighted by Gasteiger charge is 2.01. The summed E-state index contributed by atoms with van der Waals surface area (Å²) in [7, 11) is 2.67. The summed E-state index contributed by atoms with van der Waals surface area (Å²) in [5.74, 6) is -1.32. The third kappa shape index (κ3) is 144. The van der Waals surface area contributed by atoms with Gasteiger partial charge in [0, 0.05) is 57.8 Å². The van der Waals surface area contributed by atoms with Crippen LogP contribution in [-0.4, -0.2) is 78.1 Å². The van der Waals surface area contributed by atoms with Gasteiger partial charge in [-0.25, -0.2) is 29.5 Å². The van der Waals surface area contributed by atoms with Gasteiger partial charge in [-0.05, 0) is 13.8 Å². The number of aliphatic hydroxyl groups excluding tert-OH is 1. The van der Waals surface area contributed by atoms with Gasteiger partial charge in [0.25, 0.3) is 9.05 Å². The normalized spacial score (nSPS) is 9.72. The molecular weight excluding hydrogens is 575 g/mol. The summed E-state index contributed by atoms with van der Waals surface area (Å²) in [5.41, 5.74) is 0. The zero-order chi connectivity index (χ0) is 24.7. The van der Waals surface area contributed by atoms with Crippen molar-refractivity contribution in [1.82, 2.24) is 0 Å². The molecule has 0 aliphatic carbocycles. The molecule has 0 rings (SSSR count). The van der Waals surface area contributed by atoms with Gasteiger partial charge in [-0.15, -0.1) is 0 Å². The van der Waals surface area contributed by atoms with Crippen molar-refractivity contribution in [3.05, 3.63) is 0 Å². The van der Waals surface area contributed by atoms with Crippen molar-refractivity contribution in [3.63, 3.8) is 0 Å². The van der Waals surface area contributed by atoms with Crippen molar-refractivity contribution in [3.8, 4) is 0 Å². The maximum Gasteiger partial charge on any atom is 0.256 e. The zero-order valence-electron chi connectivity index (χ0n) is 17.1. The summed E-state index contributed by atoms with van der Waals surface area (Å²) in [5, 5.41) is 7.81. The molecular formula is C15H43Cl3O10S4. The first-order valence-electron chi connectivity index (χ1n) is 7.61. The molecule has 0 aliphatic rings. The minimum absolute atomic E-state index is 0. The molecule has 1 N–H and O–H groups in total. The molecule has 0 saturated heterocycles. The molecule has 0 atom stereocenters. The molecule has 0 radical (unpaired) electrons. The van der Waals surface area contributed by atoms with Crippen LogP contribution in [0.1, 0.15) is 56.4 Å². The Morgan fingerprint density at radius 1 is 0.750 bits per heavy atom. The van der Waals surface area contributed by atoms with Gasteiger partial charge in [-0.3, -0.25) is 0 Å². The summed E-state index contributed by atoms with van der Waals surface area (Å²) < 4.78 is 78.3. The van der Waals surface area contributed by atoms with Gasteiger partial charge in [-0.2, -0.15) is 0 Å². The van der Waals surface area contributed by atoms with Gasteiger partial charge in [-0.1, -0.05) is 42.5 Å². The second-order valence-corrected chi connectivity index (χ2v) is 14.1. The third-order valence-corrected chi connectivity index (χ3v) is 2.94. The number of hydrogen-bond acceptors (Lipinski definition) is 10. The highest BCUT2D eigenvalue weighted by Crippen LogP contribution is 1.95. The topological polar surface area (TPSA) is 158 Å². The van der Waals surface area contributed by atoms with Crippen LogP contribution < -0.4 is 0 Å². The number of aliphatic hydroxyl groups is 1. The van der Waals surface area contributed by atoms with E-state index in [1.54, 1.807) is 13.8 Å². The standard InChI is InChI=1S/C4H10O3S.C3H7ClO3S.C3H8.C2H6O3S.3CH4.Cl2OS/c1-3-7-4-8(2,5)6;1-2-7-3-8(4,5)6;1-3-2;1-6(4,5)2-3;;;;1-4(2)3/h3-4H2,1-2H3;2-3H2,1H3;3H2,1-2H3;3H,2H2,1H3;3*1H4;. The Balaban J connectivity index is -0.0000000381. The molecule has 0 spiro atoms. The summed E-state index contributed by atoms with van der Waals surface area (Å²) in [4.78, 5) is 0. The fourth-order valence-electron chi connectivity index (χ4n) is 0.418. The SMILES string of the molecule is C.C.C.CCC.CCOCS(=O)(=O)Cl.CCOCS(C)(=O)=O.CS(=O)(=O)CO.O=S(Cl)Cl. The van der Waals surface area contributed by atoms with E-state index in [0.717, 1.165) is 12.5 Å². The van der Waals surface area contributed by atoms with Crippen molar-refractivity contribution < 1.29 is 44.0 Å². The molecule has 0 bridgehead atoms. The van der Waals surface area contributed by atoms with Gasteiger partial charge < -0.3 is 14.6 Å². The molecule has 208 valence electrons. The van der Waals surface area contributed by atoms with Crippen LogP contribution in [0.15, 0.2) is 0 Å². The molecule has 0 aromatic rings. The highest BCUT2D eigenvalue weighted by molar-refractivity contribution is 8.26. The van der Waals surface area contributed by atoms with E-state index in [4.69, 9.17) is 20.0 Å². The Hall–Kier alpha value is 0.750. The van der Waals surface area contributed by atoms with E-state index in [2.05, 4.69) is 44.7 Å². The molecule has 0 unspecified atom stereocenters. The van der Waals surface area contributed by atoms with Crippen molar-refractivity contribution in [2.24, 2.45) is 0 Å². The molecule has 17 heteroatoms. The number of sulfone groups is 2. The fourth-order valence-corrected chi connectivity index (χ4v) is 1.44. The van der Waals surface area contributed by atoms with E-state index in [1.807, 2.05) is 0 Å². The van der Waals surface area contributed by atoms with Crippen molar-refractivity contribution >= 4 is 70.0 Å². The summed E-state index contributed by atoms with van der Waals surface area (Å²) in [6, 6.07) is 0. The number of ether oxygens (including phenoxy) is 2. The van der Waals surface area contributed by atoms with Crippen LogP contribution in [0.4, 0.5) is 0 Å². The summed E-state index contributed by atoms with van der Waals surface area (Å²) in [6.07, 6.45) is 3.36. The summed E-state index contributed by atoms with van der Waals surface area (Å²) in [6.45, 7) is 8.52. The van der Waals surface area contributed by atoms with Crippen molar-refractivity contribution in [2.75, 3.05) is 43.5 Å². The molecule has 10 nitrogen and oxygen atoms in total. The largest absolute Gasteiger partial charge is 0.380 e. The van der Waals surface area contributed by atoms with Crippen LogP contribution in [0.5, 0.6) is 0 Å². The Morgan fingerprint density at radius 2 is 0.969 bits per heavy atom. The zero-order valence-corrected chi connectivity index (χ0v) is 22.7. The van der Waals surface area contributed by atoms with Crippen LogP contribution in [-0.2, 0) is 47.4 Å². The minimum atomic E-state index is -3.44. The number of rotatable bonds is 7. The molecule has 32 heavy (non-hydrogen) atoms. The predicted molar refractivity (Wildman–Crippen MR) is 141 cm³/mol. The van der Waals surface area contributed by atoms with Crippen LogP contribution in [0.2, 0.25) is 0 Å². The lowest BCUT2D eigenvalue weighted by Crippen LogP contribution is -2.06. The average Bonchev–Trinajstić information content (AvgIpc) is 2.50. The van der Waals surface area contributed by atoms with E-state index in [1.165, 1.54) is 6.42 Å². The Morgan fingerprint density at radius 3 is 1.03 bits per heavy atom. The maximum absolute atomic E-state index is 10.3. The number of halogens is 3. The predicted octanol–water partition coefficient (Wildman–Crippen LogP) is 3.92. The second-order valence-electron chi connectivity index (χ2n) is 4.63. The molecule has 0 aliphatic heterocycles. The first kappa shape index (κ1) is 53.9. The molecule has 0 heterocycles. The summed E-state index contributed by atoms with van der Waals surface area (Å²) >= 11 is 0. The maximum atomic E-state index is 10.3. The smallest absolute Gasteiger partial charge is 0.256 e. The third-order valence-electron chi connectivity index (χ3n) is 1.16. The second kappa shape index (κ2) is 33.9. The van der Waals surface area contributed by atoms with Gasteiger partial charge in [0.2, 0.25) is 9.23 Å². The van der Waals surface area contributed by atoms with Crippen LogP contribution >= 0.6 is 32.0 Å². The van der Waals surface area contributed by atoms with Crippen molar-refractivity contribution in [2.45, 2.75) is 56.4 Å². The Bertz CT molecular complexity index is 628. The first-order valence-corrected chi connectivity index (χ1v) is 17.0. The van der Waals surface area contributed by atoms with Gasteiger partial charge in [0.15, 0.2) is 25.6 Å². The fraction of sp³-hybridized carbons (Fsp3) is 1.00. The lowest BCUT2D eigenvalue weighted by atomic mass is 10.6. The quantitative estimate of drug-likeness (QED) is 0.415. The molecule has 0 aromatic carbocycles. The van der Waals surface area contributed by atoms with E-state index in [0.29, 0.717) is 13.2 Å². The van der Waals surface area contributed by atoms with Crippen LogP contribution in [0, 0.1) is 0 Å². The molecule has 0 aromatic heterocycles. The van der Waals surface area contributed by atoms with Gasteiger partial charge in [0.05, 0.1) is 0 Å². The Kier molecular flexibility index (Phi) is 57.1. The minimum Gasteiger partial charge on any atom is -0.380 e.